The molecule has 0 aliphatic carbocycles. The van der Waals surface area contributed by atoms with Gasteiger partial charge in [-0.05, 0) is 13.8 Å². The SMILES string of the molecule is Cc1cnc(C(=O)N2CCNC[C@H]2C)cn1.Cl.Cl. The van der Waals surface area contributed by atoms with Crippen molar-refractivity contribution in [2.24, 2.45) is 0 Å². The van der Waals surface area contributed by atoms with Crippen LogP contribution in [0.2, 0.25) is 0 Å². The Morgan fingerprint density at radius 3 is 2.67 bits per heavy atom. The molecule has 5 nitrogen and oxygen atoms in total. The Balaban J connectivity index is 0.00000144. The molecule has 1 N–H and O–H groups in total. The van der Waals surface area contributed by atoms with Crippen LogP contribution < -0.4 is 5.32 Å². The summed E-state index contributed by atoms with van der Waals surface area (Å²) in [5, 5.41) is 3.25. The van der Waals surface area contributed by atoms with Crippen LogP contribution in [0.3, 0.4) is 0 Å². The first kappa shape index (κ1) is 17.1. The van der Waals surface area contributed by atoms with Crippen molar-refractivity contribution in [3.8, 4) is 0 Å². The summed E-state index contributed by atoms with van der Waals surface area (Å²) in [6, 6.07) is 0.212. The molecule has 0 saturated carbocycles. The lowest BCUT2D eigenvalue weighted by Gasteiger charge is -2.33. The van der Waals surface area contributed by atoms with Crippen LogP contribution in [0.25, 0.3) is 0 Å². The number of aromatic nitrogens is 2. The lowest BCUT2D eigenvalue weighted by molar-refractivity contribution is 0.0649. The van der Waals surface area contributed by atoms with Gasteiger partial charge in [0.05, 0.1) is 11.9 Å². The summed E-state index contributed by atoms with van der Waals surface area (Å²) in [7, 11) is 0. The highest BCUT2D eigenvalue weighted by Gasteiger charge is 2.24. The molecule has 0 radical (unpaired) electrons. The molecule has 102 valence electrons. The van der Waals surface area contributed by atoms with Gasteiger partial charge in [0.15, 0.2) is 0 Å². The zero-order chi connectivity index (χ0) is 11.5. The minimum Gasteiger partial charge on any atom is -0.332 e. The van der Waals surface area contributed by atoms with Crippen LogP contribution in [0.4, 0.5) is 0 Å². The van der Waals surface area contributed by atoms with Crippen molar-refractivity contribution in [3.05, 3.63) is 23.8 Å². The molecule has 2 rings (SSSR count). The highest BCUT2D eigenvalue weighted by Crippen LogP contribution is 2.07. The maximum Gasteiger partial charge on any atom is 0.274 e. The zero-order valence-electron chi connectivity index (χ0n) is 10.4. The van der Waals surface area contributed by atoms with Gasteiger partial charge >= 0.3 is 0 Å². The minimum atomic E-state index is -0.0264. The molecule has 18 heavy (non-hydrogen) atoms. The summed E-state index contributed by atoms with van der Waals surface area (Å²) in [5.74, 6) is -0.0264. The van der Waals surface area contributed by atoms with Crippen molar-refractivity contribution >= 4 is 30.7 Å². The Bertz CT molecular complexity index is 385. The van der Waals surface area contributed by atoms with Gasteiger partial charge in [-0.3, -0.25) is 9.78 Å². The number of hydrogen-bond donors (Lipinski definition) is 1. The molecule has 1 aromatic rings. The van der Waals surface area contributed by atoms with Gasteiger partial charge in [-0.2, -0.15) is 0 Å². The van der Waals surface area contributed by atoms with Crippen LogP contribution in [0.15, 0.2) is 12.4 Å². The summed E-state index contributed by atoms with van der Waals surface area (Å²) >= 11 is 0. The molecule has 1 atom stereocenters. The first-order valence-electron chi connectivity index (χ1n) is 5.49. The number of rotatable bonds is 1. The number of halogens is 2. The lowest BCUT2D eigenvalue weighted by atomic mass is 10.2. The monoisotopic (exact) mass is 292 g/mol. The van der Waals surface area contributed by atoms with Crippen molar-refractivity contribution in [3.63, 3.8) is 0 Å². The Morgan fingerprint density at radius 2 is 2.11 bits per heavy atom. The molecule has 1 saturated heterocycles. The first-order chi connectivity index (χ1) is 7.68. The second-order valence-corrected chi connectivity index (χ2v) is 4.09. The van der Waals surface area contributed by atoms with Gasteiger partial charge in [0.2, 0.25) is 0 Å². The van der Waals surface area contributed by atoms with E-state index in [1.807, 2.05) is 18.7 Å². The van der Waals surface area contributed by atoms with Gasteiger partial charge in [-0.1, -0.05) is 0 Å². The van der Waals surface area contributed by atoms with Crippen molar-refractivity contribution in [1.29, 1.82) is 0 Å². The zero-order valence-corrected chi connectivity index (χ0v) is 12.1. The second-order valence-electron chi connectivity index (χ2n) is 4.09. The third-order valence-electron chi connectivity index (χ3n) is 2.76. The van der Waals surface area contributed by atoms with E-state index >= 15 is 0 Å². The number of aryl methyl sites for hydroxylation is 1. The van der Waals surface area contributed by atoms with Gasteiger partial charge in [-0.15, -0.1) is 24.8 Å². The van der Waals surface area contributed by atoms with E-state index in [9.17, 15) is 4.79 Å². The molecule has 1 aliphatic rings. The number of amides is 1. The highest BCUT2D eigenvalue weighted by molar-refractivity contribution is 5.92. The average Bonchev–Trinajstić information content (AvgIpc) is 2.30. The van der Waals surface area contributed by atoms with E-state index in [4.69, 9.17) is 0 Å². The fourth-order valence-electron chi connectivity index (χ4n) is 1.79. The van der Waals surface area contributed by atoms with E-state index in [1.165, 1.54) is 0 Å². The van der Waals surface area contributed by atoms with Crippen LogP contribution in [0.5, 0.6) is 0 Å². The lowest BCUT2D eigenvalue weighted by Crippen LogP contribution is -2.52. The maximum atomic E-state index is 12.1. The number of nitrogens with one attached hydrogen (secondary N) is 1. The summed E-state index contributed by atoms with van der Waals surface area (Å²) in [6.07, 6.45) is 3.17. The number of nitrogens with zero attached hydrogens (tertiary/aromatic N) is 3. The van der Waals surface area contributed by atoms with Crippen LogP contribution >= 0.6 is 24.8 Å². The van der Waals surface area contributed by atoms with Gasteiger partial charge in [0.25, 0.3) is 5.91 Å². The molecule has 0 aromatic carbocycles. The van der Waals surface area contributed by atoms with Crippen LogP contribution in [0, 0.1) is 6.92 Å². The summed E-state index contributed by atoms with van der Waals surface area (Å²) in [6.45, 7) is 6.30. The van der Waals surface area contributed by atoms with Crippen LogP contribution in [0.1, 0.15) is 23.1 Å². The first-order valence-corrected chi connectivity index (χ1v) is 5.49. The normalized spacial score (nSPS) is 18.6. The summed E-state index contributed by atoms with van der Waals surface area (Å²) in [4.78, 5) is 22.2. The largest absolute Gasteiger partial charge is 0.332 e. The van der Waals surface area contributed by atoms with E-state index in [0.717, 1.165) is 25.3 Å². The van der Waals surface area contributed by atoms with Crippen molar-refractivity contribution in [2.75, 3.05) is 19.6 Å². The van der Waals surface area contributed by atoms with E-state index in [-0.39, 0.29) is 36.8 Å². The molecule has 2 heterocycles. The standard InChI is InChI=1S/C11H16N4O.2ClH/c1-8-5-14-10(7-13-8)11(16)15-4-3-12-6-9(15)2;;/h5,7,9,12H,3-4,6H2,1-2H3;2*1H/t9-;;/m1../s1. The molecule has 0 unspecified atom stereocenters. The Labute approximate surface area is 119 Å². The highest BCUT2D eigenvalue weighted by atomic mass is 35.5. The Morgan fingerprint density at radius 1 is 1.39 bits per heavy atom. The molecule has 7 heteroatoms. The molecule has 0 spiro atoms. The molecule has 0 bridgehead atoms. The second kappa shape index (κ2) is 7.51. The van der Waals surface area contributed by atoms with Crippen LogP contribution in [-0.2, 0) is 0 Å². The fourth-order valence-corrected chi connectivity index (χ4v) is 1.79. The Kier molecular flexibility index (Phi) is 7.13. The smallest absolute Gasteiger partial charge is 0.274 e. The van der Waals surface area contributed by atoms with Gasteiger partial charge in [0, 0.05) is 31.9 Å². The van der Waals surface area contributed by atoms with Gasteiger partial charge in [0.1, 0.15) is 5.69 Å². The average molecular weight is 293 g/mol. The minimum absolute atomic E-state index is 0. The van der Waals surface area contributed by atoms with E-state index < -0.39 is 0 Å². The number of carbonyl (C=O) groups is 1. The molecule has 1 fully saturated rings. The van der Waals surface area contributed by atoms with E-state index in [2.05, 4.69) is 15.3 Å². The topological polar surface area (TPSA) is 58.1 Å². The van der Waals surface area contributed by atoms with Gasteiger partial charge < -0.3 is 10.2 Å². The van der Waals surface area contributed by atoms with E-state index in [0.29, 0.717) is 5.69 Å². The quantitative estimate of drug-likeness (QED) is 0.841. The molecular formula is C11H18Cl2N4O. The van der Waals surface area contributed by atoms with Gasteiger partial charge in [-0.25, -0.2) is 4.98 Å². The number of hydrogen-bond acceptors (Lipinski definition) is 4. The summed E-state index contributed by atoms with van der Waals surface area (Å²) in [5.41, 5.74) is 1.25. The van der Waals surface area contributed by atoms with Crippen molar-refractivity contribution < 1.29 is 4.79 Å². The van der Waals surface area contributed by atoms with Crippen molar-refractivity contribution in [2.45, 2.75) is 19.9 Å². The number of piperazine rings is 1. The predicted octanol–water partition coefficient (Wildman–Crippen LogP) is 1.06. The Hall–Kier alpha value is -0.910. The summed E-state index contributed by atoms with van der Waals surface area (Å²) < 4.78 is 0. The number of carbonyl (C=O) groups excluding carboxylic acids is 1. The predicted molar refractivity (Wildman–Crippen MR) is 74.6 cm³/mol. The fraction of sp³-hybridized carbons (Fsp3) is 0.545. The third-order valence-corrected chi connectivity index (χ3v) is 2.76. The molecule has 1 aromatic heterocycles. The molecule has 1 aliphatic heterocycles. The van der Waals surface area contributed by atoms with E-state index in [1.54, 1.807) is 12.4 Å². The molecular weight excluding hydrogens is 275 g/mol. The van der Waals surface area contributed by atoms with Crippen LogP contribution in [-0.4, -0.2) is 46.5 Å². The maximum absolute atomic E-state index is 12.1. The third kappa shape index (κ3) is 3.80. The van der Waals surface area contributed by atoms with Crippen molar-refractivity contribution in [1.82, 2.24) is 20.2 Å². The molecule has 1 amide bonds.